The van der Waals surface area contributed by atoms with Crippen LogP contribution in [0.15, 0.2) is 39.8 Å². The summed E-state index contributed by atoms with van der Waals surface area (Å²) in [7, 11) is 0. The van der Waals surface area contributed by atoms with Crippen molar-refractivity contribution >= 4 is 81.3 Å². The van der Waals surface area contributed by atoms with E-state index in [1.165, 1.54) is 0 Å². The number of Topliss-reactive ketones (excluding diaryl/α,β-unsaturated/α-hetero) is 2. The number of carbonyl (C=O) groups is 2. The molecule has 2 aromatic carbocycles. The molecular weight excluding hydrogens is 496 g/mol. The van der Waals surface area contributed by atoms with Crippen molar-refractivity contribution in [3.63, 3.8) is 0 Å². The molecule has 0 radical (unpaired) electrons. The number of nitrogens with zero attached hydrogens (tertiary/aromatic N) is 1. The summed E-state index contributed by atoms with van der Waals surface area (Å²) in [5.41, 5.74) is 1.11. The van der Waals surface area contributed by atoms with E-state index < -0.39 is 0 Å². The smallest absolute Gasteiger partial charge is 0.211 e. The van der Waals surface area contributed by atoms with Gasteiger partial charge in [-0.25, -0.2) is 0 Å². The maximum atomic E-state index is 13.4. The lowest BCUT2D eigenvalue weighted by Gasteiger charge is -2.28. The van der Waals surface area contributed by atoms with Crippen LogP contribution in [0, 0.1) is 0 Å². The van der Waals surface area contributed by atoms with Crippen molar-refractivity contribution in [2.75, 3.05) is 13.1 Å². The Morgan fingerprint density at radius 2 is 1.21 bits per heavy atom. The lowest BCUT2D eigenvalue weighted by atomic mass is 9.92. The number of ketones is 2. The van der Waals surface area contributed by atoms with Crippen LogP contribution in [0.3, 0.4) is 0 Å². The van der Waals surface area contributed by atoms with Crippen molar-refractivity contribution in [1.82, 2.24) is 4.90 Å². The highest BCUT2D eigenvalue weighted by molar-refractivity contribution is 8.04. The Labute approximate surface area is 196 Å². The van der Waals surface area contributed by atoms with Crippen molar-refractivity contribution in [3.8, 4) is 0 Å². The molecule has 1 heterocycles. The zero-order valence-electron chi connectivity index (χ0n) is 14.7. The Kier molecular flexibility index (Phi) is 6.14. The number of fused-ring (bicyclic) bond motifs is 1. The summed E-state index contributed by atoms with van der Waals surface area (Å²) in [6.45, 7) is 1.40. The Morgan fingerprint density at radius 1 is 0.724 bits per heavy atom. The van der Waals surface area contributed by atoms with Gasteiger partial charge in [-0.3, -0.25) is 9.59 Å². The van der Waals surface area contributed by atoms with Gasteiger partial charge in [0.1, 0.15) is 5.70 Å². The third-order valence-electron chi connectivity index (χ3n) is 4.85. The van der Waals surface area contributed by atoms with Crippen LogP contribution in [-0.2, 0) is 0 Å². The van der Waals surface area contributed by atoms with Crippen LogP contribution in [0.5, 0.6) is 0 Å². The first kappa shape index (κ1) is 21.4. The van der Waals surface area contributed by atoms with Crippen LogP contribution < -0.4 is 0 Å². The van der Waals surface area contributed by atoms with E-state index in [1.54, 1.807) is 24.3 Å². The third kappa shape index (κ3) is 3.58. The van der Waals surface area contributed by atoms with E-state index in [4.69, 9.17) is 58.0 Å². The summed E-state index contributed by atoms with van der Waals surface area (Å²) in [5, 5.41) is 0.303. The van der Waals surface area contributed by atoms with Gasteiger partial charge in [-0.2, -0.15) is 0 Å². The van der Waals surface area contributed by atoms with Crippen molar-refractivity contribution in [2.24, 2.45) is 0 Å². The zero-order chi connectivity index (χ0) is 20.9. The van der Waals surface area contributed by atoms with Crippen LogP contribution in [-0.4, -0.2) is 29.6 Å². The van der Waals surface area contributed by atoms with E-state index in [-0.39, 0.29) is 41.6 Å². The van der Waals surface area contributed by atoms with Gasteiger partial charge in [0.2, 0.25) is 11.6 Å². The van der Waals surface area contributed by atoms with E-state index in [1.807, 2.05) is 4.90 Å². The number of halogens is 5. The number of carbonyl (C=O) groups excluding carboxylic acids is 2. The highest BCUT2D eigenvalue weighted by atomic mass is 35.5. The minimum atomic E-state index is -0.263. The molecular formula is C20H12Cl5NO2S. The fourth-order valence-electron chi connectivity index (χ4n) is 3.44. The number of allylic oxidation sites excluding steroid dienone is 2. The first-order valence-electron chi connectivity index (χ1n) is 8.69. The van der Waals surface area contributed by atoms with Gasteiger partial charge in [0.05, 0.1) is 34.9 Å². The molecule has 9 heteroatoms. The van der Waals surface area contributed by atoms with Gasteiger partial charge in [-0.15, -0.1) is 0 Å². The fourth-order valence-corrected chi connectivity index (χ4v) is 6.03. The Bertz CT molecular complexity index is 1060. The first-order valence-corrected chi connectivity index (χ1v) is 11.4. The molecule has 0 atom stereocenters. The highest BCUT2D eigenvalue weighted by Gasteiger charge is 2.37. The summed E-state index contributed by atoms with van der Waals surface area (Å²) in [4.78, 5) is 29.2. The van der Waals surface area contributed by atoms with Gasteiger partial charge in [0.25, 0.3) is 0 Å². The Hall–Kier alpha value is -0.880. The lowest BCUT2D eigenvalue weighted by Crippen LogP contribution is -2.32. The molecule has 2 aliphatic rings. The molecule has 150 valence electrons. The van der Waals surface area contributed by atoms with Crippen molar-refractivity contribution in [3.05, 3.63) is 71.1 Å². The van der Waals surface area contributed by atoms with Crippen LogP contribution in [0.2, 0.25) is 25.1 Å². The van der Waals surface area contributed by atoms with Crippen LogP contribution in [0.25, 0.3) is 0 Å². The molecule has 0 aromatic heterocycles. The molecule has 0 spiro atoms. The van der Waals surface area contributed by atoms with Crippen molar-refractivity contribution in [2.45, 2.75) is 17.7 Å². The molecule has 1 aliphatic carbocycles. The van der Waals surface area contributed by atoms with E-state index in [2.05, 4.69) is 0 Å². The molecule has 2 aromatic rings. The molecule has 4 rings (SSSR count). The molecule has 29 heavy (non-hydrogen) atoms. The topological polar surface area (TPSA) is 37.4 Å². The average Bonchev–Trinajstić information content (AvgIpc) is 3.26. The van der Waals surface area contributed by atoms with Gasteiger partial charge in [0, 0.05) is 24.2 Å². The summed E-state index contributed by atoms with van der Waals surface area (Å²) < 4.78 is 0. The summed E-state index contributed by atoms with van der Waals surface area (Å²) in [5.74, 6) is -0.454. The van der Waals surface area contributed by atoms with Gasteiger partial charge in [-0.1, -0.05) is 94.0 Å². The zero-order valence-corrected chi connectivity index (χ0v) is 19.3. The maximum absolute atomic E-state index is 13.4. The van der Waals surface area contributed by atoms with E-state index in [0.29, 0.717) is 34.8 Å². The largest absolute Gasteiger partial charge is 0.367 e. The van der Waals surface area contributed by atoms with Gasteiger partial charge < -0.3 is 4.90 Å². The number of thioether (sulfide) groups is 1. The van der Waals surface area contributed by atoms with E-state index in [9.17, 15) is 9.59 Å². The third-order valence-corrected chi connectivity index (χ3v) is 8.54. The summed E-state index contributed by atoms with van der Waals surface area (Å²) >= 11 is 32.2. The van der Waals surface area contributed by atoms with Crippen LogP contribution >= 0.6 is 69.8 Å². The van der Waals surface area contributed by atoms with Gasteiger partial charge in [0.15, 0.2) is 0 Å². The lowest BCUT2D eigenvalue weighted by molar-refractivity contribution is 0.0954. The molecule has 1 aliphatic heterocycles. The monoisotopic (exact) mass is 505 g/mol. The second-order valence-electron chi connectivity index (χ2n) is 6.58. The number of likely N-dealkylation sites (tertiary alicyclic amines) is 1. The fraction of sp³-hybridized carbons (Fsp3) is 0.200. The minimum absolute atomic E-state index is 0.0397. The number of benzene rings is 2. The highest BCUT2D eigenvalue weighted by Crippen LogP contribution is 2.51. The van der Waals surface area contributed by atoms with Gasteiger partial charge in [-0.05, 0) is 12.8 Å². The molecule has 1 fully saturated rings. The van der Waals surface area contributed by atoms with E-state index >= 15 is 0 Å². The molecule has 0 saturated carbocycles. The summed E-state index contributed by atoms with van der Waals surface area (Å²) in [6, 6.07) is 6.78. The molecule has 1 saturated heterocycles. The Morgan fingerprint density at radius 3 is 1.76 bits per heavy atom. The molecule has 0 N–H and O–H groups in total. The minimum Gasteiger partial charge on any atom is -0.367 e. The predicted octanol–water partition coefficient (Wildman–Crippen LogP) is 7.43. The Balaban J connectivity index is 1.91. The molecule has 0 amide bonds. The second-order valence-corrected chi connectivity index (χ2v) is 9.49. The standard InChI is InChI=1S/C20H12Cl5NO2S/c21-11-12(22)14(24)19(15(25)13(11)23)29-20-16(26-7-3-4-8-26)17(27)9-5-1-2-6-10(9)18(20)28/h1-2,5-6H,3-4,7-8H2. The molecule has 0 bridgehead atoms. The van der Waals surface area contributed by atoms with Crippen molar-refractivity contribution in [1.29, 1.82) is 0 Å². The normalized spacial score (nSPS) is 16.7. The number of hydrogen-bond acceptors (Lipinski definition) is 4. The van der Waals surface area contributed by atoms with Crippen molar-refractivity contribution < 1.29 is 9.59 Å². The first-order chi connectivity index (χ1) is 13.8. The van der Waals surface area contributed by atoms with E-state index in [0.717, 1.165) is 24.6 Å². The van der Waals surface area contributed by atoms with Crippen LogP contribution in [0.1, 0.15) is 33.6 Å². The average molecular weight is 508 g/mol. The maximum Gasteiger partial charge on any atom is 0.211 e. The predicted molar refractivity (Wildman–Crippen MR) is 120 cm³/mol. The quantitative estimate of drug-likeness (QED) is 0.320. The molecule has 3 nitrogen and oxygen atoms in total. The number of rotatable bonds is 3. The van der Waals surface area contributed by atoms with Gasteiger partial charge >= 0.3 is 0 Å². The second kappa shape index (κ2) is 8.33. The summed E-state index contributed by atoms with van der Waals surface area (Å²) in [6.07, 6.45) is 1.90. The van der Waals surface area contributed by atoms with Crippen LogP contribution in [0.4, 0.5) is 0 Å². The molecule has 0 unspecified atom stereocenters. The number of hydrogen-bond donors (Lipinski definition) is 0. The SMILES string of the molecule is O=C1C(Sc2c(Cl)c(Cl)c(Cl)c(Cl)c2Cl)=C(N2CCCC2)C(=O)c2ccccc21.